The summed E-state index contributed by atoms with van der Waals surface area (Å²) >= 11 is 11.7. The summed E-state index contributed by atoms with van der Waals surface area (Å²) < 4.78 is 0. The highest BCUT2D eigenvalue weighted by molar-refractivity contribution is 6.34. The standard InChI is InChI=1S/C14H10Cl2N2O5/c15-6-1-2-8-9(3-6)14(21)17(13(8)20)11-5-7(18(22)23)4-10(16)12(11)19/h1,4-5,8-9,19H,2-3H2/t8-,9+/m1/s1. The highest BCUT2D eigenvalue weighted by Gasteiger charge is 2.50. The summed E-state index contributed by atoms with van der Waals surface area (Å²) in [6.07, 6.45) is 2.22. The third-order valence-electron chi connectivity index (χ3n) is 4.05. The number of imide groups is 1. The van der Waals surface area contributed by atoms with Crippen molar-refractivity contribution in [3.63, 3.8) is 0 Å². The Hall–Kier alpha value is -2.12. The lowest BCUT2D eigenvalue weighted by Crippen LogP contribution is -2.31. The van der Waals surface area contributed by atoms with E-state index in [-0.39, 0.29) is 17.1 Å². The van der Waals surface area contributed by atoms with Crippen molar-refractivity contribution >= 4 is 46.4 Å². The van der Waals surface area contributed by atoms with E-state index in [1.807, 2.05) is 0 Å². The quantitative estimate of drug-likeness (QED) is 0.498. The van der Waals surface area contributed by atoms with Gasteiger partial charge in [0.2, 0.25) is 11.8 Å². The van der Waals surface area contributed by atoms with Crippen molar-refractivity contribution in [3.05, 3.63) is 38.4 Å². The van der Waals surface area contributed by atoms with Crippen LogP contribution in [0.1, 0.15) is 12.8 Å². The molecule has 1 N–H and O–H groups in total. The van der Waals surface area contributed by atoms with Crippen LogP contribution in [0, 0.1) is 22.0 Å². The zero-order valence-electron chi connectivity index (χ0n) is 11.5. The molecule has 120 valence electrons. The van der Waals surface area contributed by atoms with Crippen molar-refractivity contribution < 1.29 is 19.6 Å². The Labute approximate surface area is 140 Å². The smallest absolute Gasteiger partial charge is 0.273 e. The second-order valence-corrected chi connectivity index (χ2v) is 6.26. The highest BCUT2D eigenvalue weighted by atomic mass is 35.5. The second-order valence-electron chi connectivity index (χ2n) is 5.37. The van der Waals surface area contributed by atoms with Crippen LogP contribution in [0.5, 0.6) is 5.75 Å². The van der Waals surface area contributed by atoms with E-state index in [4.69, 9.17) is 23.2 Å². The predicted molar refractivity (Wildman–Crippen MR) is 82.4 cm³/mol. The number of non-ortho nitro benzene ring substituents is 1. The van der Waals surface area contributed by atoms with Gasteiger partial charge in [-0.1, -0.05) is 29.3 Å². The van der Waals surface area contributed by atoms with E-state index in [9.17, 15) is 24.8 Å². The number of allylic oxidation sites excluding steroid dienone is 2. The molecule has 1 aromatic rings. The first-order valence-corrected chi connectivity index (χ1v) is 7.46. The SMILES string of the molecule is O=C1[C@H]2CC(Cl)=CC[C@H]2C(=O)N1c1cc([N+](=O)[O-])cc(Cl)c1O. The number of halogens is 2. The van der Waals surface area contributed by atoms with Crippen LogP contribution in [-0.4, -0.2) is 21.8 Å². The molecule has 0 saturated carbocycles. The molecule has 1 aliphatic heterocycles. The molecule has 1 saturated heterocycles. The first-order chi connectivity index (χ1) is 10.8. The van der Waals surface area contributed by atoms with Gasteiger partial charge in [0.25, 0.3) is 5.69 Å². The third kappa shape index (κ3) is 2.46. The number of nitrogens with zero attached hydrogens (tertiary/aromatic N) is 2. The fourth-order valence-corrected chi connectivity index (χ4v) is 3.38. The molecular formula is C14H10Cl2N2O5. The molecule has 1 aliphatic carbocycles. The average Bonchev–Trinajstić information content (AvgIpc) is 2.73. The lowest BCUT2D eigenvalue weighted by molar-refractivity contribution is -0.384. The van der Waals surface area contributed by atoms with Gasteiger partial charge in [-0.3, -0.25) is 19.7 Å². The van der Waals surface area contributed by atoms with Crippen LogP contribution in [0.3, 0.4) is 0 Å². The number of nitro groups is 1. The Kier molecular flexibility index (Phi) is 3.77. The maximum Gasteiger partial charge on any atom is 0.273 e. The highest BCUT2D eigenvalue weighted by Crippen LogP contribution is 2.45. The molecule has 0 bridgehead atoms. The van der Waals surface area contributed by atoms with E-state index in [1.165, 1.54) is 0 Å². The Morgan fingerprint density at radius 2 is 1.87 bits per heavy atom. The normalized spacial score (nSPS) is 23.7. The molecule has 0 spiro atoms. The number of hydrogen-bond acceptors (Lipinski definition) is 5. The van der Waals surface area contributed by atoms with Crippen LogP contribution >= 0.6 is 23.2 Å². The van der Waals surface area contributed by atoms with E-state index in [0.717, 1.165) is 17.0 Å². The summed E-state index contributed by atoms with van der Waals surface area (Å²) in [4.78, 5) is 36.0. The van der Waals surface area contributed by atoms with Crippen LogP contribution < -0.4 is 4.90 Å². The number of aromatic hydroxyl groups is 1. The molecule has 9 heteroatoms. The molecule has 0 unspecified atom stereocenters. The van der Waals surface area contributed by atoms with Gasteiger partial charge in [-0.2, -0.15) is 0 Å². The number of fused-ring (bicyclic) bond motifs is 1. The number of anilines is 1. The molecule has 0 aromatic heterocycles. The van der Waals surface area contributed by atoms with Gasteiger partial charge < -0.3 is 5.11 Å². The van der Waals surface area contributed by atoms with E-state index in [0.29, 0.717) is 11.5 Å². The molecule has 2 amide bonds. The number of hydrogen-bond donors (Lipinski definition) is 1. The minimum atomic E-state index is -0.717. The molecule has 1 heterocycles. The zero-order valence-corrected chi connectivity index (χ0v) is 13.0. The number of phenols is 1. The van der Waals surface area contributed by atoms with Crippen LogP contribution in [0.15, 0.2) is 23.2 Å². The molecule has 0 radical (unpaired) electrons. The zero-order chi connectivity index (χ0) is 16.9. The van der Waals surface area contributed by atoms with Crippen molar-refractivity contribution in [1.82, 2.24) is 0 Å². The Morgan fingerprint density at radius 1 is 1.22 bits per heavy atom. The monoisotopic (exact) mass is 356 g/mol. The Balaban J connectivity index is 2.08. The second kappa shape index (κ2) is 5.50. The Bertz CT molecular complexity index is 777. The summed E-state index contributed by atoms with van der Waals surface area (Å²) in [5.41, 5.74) is -0.695. The number of carbonyl (C=O) groups excluding carboxylic acids is 2. The summed E-state index contributed by atoms with van der Waals surface area (Å²) in [6.45, 7) is 0. The predicted octanol–water partition coefficient (Wildman–Crippen LogP) is 2.98. The van der Waals surface area contributed by atoms with Gasteiger partial charge in [0.05, 0.1) is 21.8 Å². The lowest BCUT2D eigenvalue weighted by atomic mass is 9.85. The van der Waals surface area contributed by atoms with Crippen molar-refractivity contribution in [2.45, 2.75) is 12.8 Å². The van der Waals surface area contributed by atoms with Gasteiger partial charge in [0, 0.05) is 17.2 Å². The summed E-state index contributed by atoms with van der Waals surface area (Å²) in [5.74, 6) is -2.82. The van der Waals surface area contributed by atoms with Crippen molar-refractivity contribution in [2.75, 3.05) is 4.90 Å². The number of nitro benzene ring substituents is 1. The van der Waals surface area contributed by atoms with E-state index >= 15 is 0 Å². The summed E-state index contributed by atoms with van der Waals surface area (Å²) in [7, 11) is 0. The van der Waals surface area contributed by atoms with E-state index in [1.54, 1.807) is 6.08 Å². The van der Waals surface area contributed by atoms with Crippen LogP contribution in [0.2, 0.25) is 5.02 Å². The Morgan fingerprint density at radius 3 is 2.52 bits per heavy atom. The number of rotatable bonds is 2. The number of phenolic OH excluding ortho intramolecular Hbond substituents is 1. The molecular weight excluding hydrogens is 347 g/mol. The lowest BCUT2D eigenvalue weighted by Gasteiger charge is -2.17. The summed E-state index contributed by atoms with van der Waals surface area (Å²) in [5, 5.41) is 21.2. The minimum absolute atomic E-state index is 0.233. The number of carbonyl (C=O) groups is 2. The van der Waals surface area contributed by atoms with Crippen LogP contribution in [-0.2, 0) is 9.59 Å². The van der Waals surface area contributed by atoms with Gasteiger partial charge in [-0.15, -0.1) is 0 Å². The van der Waals surface area contributed by atoms with Gasteiger partial charge in [-0.05, 0) is 12.8 Å². The molecule has 23 heavy (non-hydrogen) atoms. The molecule has 1 aromatic carbocycles. The molecule has 3 rings (SSSR count). The average molecular weight is 357 g/mol. The molecule has 1 fully saturated rings. The largest absolute Gasteiger partial charge is 0.504 e. The molecule has 2 atom stereocenters. The summed E-state index contributed by atoms with van der Waals surface area (Å²) in [6, 6.07) is 1.92. The van der Waals surface area contributed by atoms with E-state index < -0.39 is 40.0 Å². The van der Waals surface area contributed by atoms with Gasteiger partial charge >= 0.3 is 0 Å². The van der Waals surface area contributed by atoms with E-state index in [2.05, 4.69) is 0 Å². The van der Waals surface area contributed by atoms with Crippen molar-refractivity contribution in [3.8, 4) is 5.75 Å². The maximum atomic E-state index is 12.5. The molecule has 7 nitrogen and oxygen atoms in total. The first kappa shape index (κ1) is 15.8. The van der Waals surface area contributed by atoms with Crippen LogP contribution in [0.4, 0.5) is 11.4 Å². The van der Waals surface area contributed by atoms with Gasteiger partial charge in [0.15, 0.2) is 5.75 Å². The molecule has 2 aliphatic rings. The first-order valence-electron chi connectivity index (χ1n) is 6.70. The van der Waals surface area contributed by atoms with Crippen molar-refractivity contribution in [1.29, 1.82) is 0 Å². The number of amides is 2. The fraction of sp³-hybridized carbons (Fsp3) is 0.286. The van der Waals surface area contributed by atoms with Crippen LogP contribution in [0.25, 0.3) is 0 Å². The topological polar surface area (TPSA) is 101 Å². The number of benzene rings is 1. The van der Waals surface area contributed by atoms with Gasteiger partial charge in [-0.25, -0.2) is 4.90 Å². The fourth-order valence-electron chi connectivity index (χ4n) is 2.91. The van der Waals surface area contributed by atoms with Gasteiger partial charge in [0.1, 0.15) is 5.69 Å². The third-order valence-corrected chi connectivity index (χ3v) is 4.65. The van der Waals surface area contributed by atoms with Crippen molar-refractivity contribution in [2.24, 2.45) is 11.8 Å². The minimum Gasteiger partial charge on any atom is -0.504 e. The maximum absolute atomic E-state index is 12.5.